The van der Waals surface area contributed by atoms with Crippen molar-refractivity contribution in [2.45, 2.75) is 6.92 Å². The van der Waals surface area contributed by atoms with Gasteiger partial charge in [0.05, 0.1) is 30.1 Å². The fourth-order valence-electron chi connectivity index (χ4n) is 2.41. The van der Waals surface area contributed by atoms with Crippen molar-refractivity contribution < 1.29 is 18.7 Å². The van der Waals surface area contributed by atoms with Crippen LogP contribution in [0.5, 0.6) is 0 Å². The van der Waals surface area contributed by atoms with Crippen LogP contribution in [-0.2, 0) is 4.74 Å². The van der Waals surface area contributed by atoms with Crippen molar-refractivity contribution in [1.82, 2.24) is 14.8 Å². The van der Waals surface area contributed by atoms with Crippen LogP contribution in [0.2, 0.25) is 0 Å². The second kappa shape index (κ2) is 7.14. The van der Waals surface area contributed by atoms with E-state index in [0.29, 0.717) is 17.1 Å². The molecule has 0 aliphatic carbocycles. The molecule has 0 saturated carbocycles. The highest BCUT2D eigenvalue weighted by Gasteiger charge is 2.17. The third kappa shape index (κ3) is 3.30. The fourth-order valence-corrected chi connectivity index (χ4v) is 2.41. The van der Waals surface area contributed by atoms with E-state index in [9.17, 15) is 14.0 Å². The summed E-state index contributed by atoms with van der Waals surface area (Å²) in [5.41, 5.74) is 0.927. The molecule has 1 amide bonds. The maximum atomic E-state index is 14.0. The summed E-state index contributed by atoms with van der Waals surface area (Å²) in [6.45, 7) is 1.73. The van der Waals surface area contributed by atoms with Crippen molar-refractivity contribution >= 4 is 17.6 Å². The predicted octanol–water partition coefficient (Wildman–Crippen LogP) is 2.75. The van der Waals surface area contributed by atoms with Gasteiger partial charge in [0.1, 0.15) is 5.82 Å². The Balaban J connectivity index is 1.82. The first kappa shape index (κ1) is 17.3. The van der Waals surface area contributed by atoms with E-state index < -0.39 is 17.7 Å². The molecule has 0 atom stereocenters. The zero-order chi connectivity index (χ0) is 18.7. The van der Waals surface area contributed by atoms with Crippen molar-refractivity contribution in [3.05, 3.63) is 71.4 Å². The Hall–Kier alpha value is -3.55. The van der Waals surface area contributed by atoms with Gasteiger partial charge in [-0.3, -0.25) is 4.79 Å². The van der Waals surface area contributed by atoms with Gasteiger partial charge >= 0.3 is 5.97 Å². The lowest BCUT2D eigenvalue weighted by atomic mass is 10.2. The number of nitrogens with one attached hydrogen (secondary N) is 1. The van der Waals surface area contributed by atoms with Crippen molar-refractivity contribution in [3.8, 4) is 5.82 Å². The molecule has 7 nitrogen and oxygen atoms in total. The maximum Gasteiger partial charge on any atom is 0.340 e. The van der Waals surface area contributed by atoms with E-state index in [0.717, 1.165) is 6.07 Å². The van der Waals surface area contributed by atoms with Crippen LogP contribution in [0.4, 0.5) is 10.1 Å². The first-order chi connectivity index (χ1) is 12.5. The van der Waals surface area contributed by atoms with Gasteiger partial charge in [-0.1, -0.05) is 6.07 Å². The van der Waals surface area contributed by atoms with Crippen molar-refractivity contribution in [2.75, 3.05) is 12.4 Å². The topological polar surface area (TPSA) is 86.1 Å². The number of pyridine rings is 1. The van der Waals surface area contributed by atoms with Crippen LogP contribution in [0.3, 0.4) is 0 Å². The first-order valence-corrected chi connectivity index (χ1v) is 7.66. The number of anilines is 1. The number of hydrogen-bond donors (Lipinski definition) is 1. The van der Waals surface area contributed by atoms with Crippen LogP contribution in [0.1, 0.15) is 26.4 Å². The molecule has 0 spiro atoms. The van der Waals surface area contributed by atoms with Gasteiger partial charge in [-0.25, -0.2) is 18.9 Å². The highest BCUT2D eigenvalue weighted by molar-refractivity contribution is 6.05. The fraction of sp³-hybridized carbons (Fsp3) is 0.111. The Labute approximate surface area is 148 Å². The van der Waals surface area contributed by atoms with Gasteiger partial charge < -0.3 is 10.1 Å². The normalized spacial score (nSPS) is 10.4. The Bertz CT molecular complexity index is 970. The second-order valence-corrected chi connectivity index (χ2v) is 5.38. The Kier molecular flexibility index (Phi) is 4.74. The van der Waals surface area contributed by atoms with E-state index in [-0.39, 0.29) is 11.3 Å². The number of nitrogens with zero attached hydrogens (tertiary/aromatic N) is 3. The minimum atomic E-state index is -0.784. The molecule has 0 unspecified atom stereocenters. The number of methoxy groups -OCH3 is 1. The van der Waals surface area contributed by atoms with Gasteiger partial charge in [-0.2, -0.15) is 5.10 Å². The van der Waals surface area contributed by atoms with Gasteiger partial charge in [-0.15, -0.1) is 0 Å². The summed E-state index contributed by atoms with van der Waals surface area (Å²) in [5, 5.41) is 6.76. The number of ether oxygens (including phenoxy) is 1. The summed E-state index contributed by atoms with van der Waals surface area (Å²) < 4.78 is 20.0. The molecule has 0 aliphatic heterocycles. The molecule has 0 saturated heterocycles. The van der Waals surface area contributed by atoms with E-state index in [2.05, 4.69) is 20.1 Å². The maximum absolute atomic E-state index is 14.0. The molecular weight excluding hydrogens is 339 g/mol. The Morgan fingerprint density at radius 2 is 2.00 bits per heavy atom. The van der Waals surface area contributed by atoms with E-state index >= 15 is 0 Å². The van der Waals surface area contributed by atoms with E-state index in [1.807, 2.05) is 6.07 Å². The van der Waals surface area contributed by atoms with Gasteiger partial charge in [0.25, 0.3) is 5.91 Å². The number of aromatic nitrogens is 3. The summed E-state index contributed by atoms with van der Waals surface area (Å²) in [6.07, 6.45) is 3.04. The standard InChI is InChI=1S/C18H15FN4O3/c1-11-14(10-21-23(11)16-5-3-4-8-20-16)17(24)22-12-6-7-13(15(19)9-12)18(25)26-2/h3-10H,1-2H3,(H,22,24). The number of carbonyl (C=O) groups is 2. The highest BCUT2D eigenvalue weighted by Crippen LogP contribution is 2.18. The van der Waals surface area contributed by atoms with Crippen LogP contribution < -0.4 is 5.32 Å². The van der Waals surface area contributed by atoms with Crippen LogP contribution in [0, 0.1) is 12.7 Å². The molecule has 2 heterocycles. The zero-order valence-electron chi connectivity index (χ0n) is 14.1. The number of carbonyl (C=O) groups excluding carboxylic acids is 2. The molecule has 0 bridgehead atoms. The lowest BCUT2D eigenvalue weighted by Crippen LogP contribution is -2.14. The minimum Gasteiger partial charge on any atom is -0.465 e. The van der Waals surface area contributed by atoms with Gasteiger partial charge in [0, 0.05) is 11.9 Å². The number of rotatable bonds is 4. The van der Waals surface area contributed by atoms with Crippen molar-refractivity contribution in [1.29, 1.82) is 0 Å². The van der Waals surface area contributed by atoms with E-state index in [4.69, 9.17) is 0 Å². The summed E-state index contributed by atoms with van der Waals surface area (Å²) in [7, 11) is 1.17. The predicted molar refractivity (Wildman–Crippen MR) is 91.8 cm³/mol. The number of hydrogen-bond acceptors (Lipinski definition) is 5. The lowest BCUT2D eigenvalue weighted by Gasteiger charge is -2.07. The van der Waals surface area contributed by atoms with Gasteiger partial charge in [0.2, 0.25) is 0 Å². The molecule has 1 N–H and O–H groups in total. The average molecular weight is 354 g/mol. The number of amides is 1. The summed E-state index contributed by atoms with van der Waals surface area (Å²) in [6, 6.07) is 9.09. The third-order valence-electron chi connectivity index (χ3n) is 3.75. The number of halogens is 1. The Morgan fingerprint density at radius 1 is 1.19 bits per heavy atom. The zero-order valence-corrected chi connectivity index (χ0v) is 14.1. The summed E-state index contributed by atoms with van der Waals surface area (Å²) in [5.74, 6) is -1.43. The van der Waals surface area contributed by atoms with Gasteiger partial charge in [-0.05, 0) is 37.3 Å². The molecule has 0 fully saturated rings. The lowest BCUT2D eigenvalue weighted by molar-refractivity contribution is 0.0595. The van der Waals surface area contributed by atoms with E-state index in [1.165, 1.54) is 30.1 Å². The van der Waals surface area contributed by atoms with Gasteiger partial charge in [0.15, 0.2) is 5.82 Å². The average Bonchev–Trinajstić information content (AvgIpc) is 3.03. The molecule has 3 aromatic rings. The molecule has 132 valence electrons. The van der Waals surface area contributed by atoms with Crippen LogP contribution in [0.25, 0.3) is 5.82 Å². The minimum absolute atomic E-state index is 0.204. The number of benzene rings is 1. The summed E-state index contributed by atoms with van der Waals surface area (Å²) in [4.78, 5) is 28.1. The first-order valence-electron chi connectivity index (χ1n) is 7.66. The van der Waals surface area contributed by atoms with Crippen molar-refractivity contribution in [3.63, 3.8) is 0 Å². The molecule has 26 heavy (non-hydrogen) atoms. The number of esters is 1. The summed E-state index contributed by atoms with van der Waals surface area (Å²) >= 11 is 0. The molecule has 2 aromatic heterocycles. The molecule has 1 aromatic carbocycles. The molecule has 0 radical (unpaired) electrons. The van der Waals surface area contributed by atoms with Crippen molar-refractivity contribution in [2.24, 2.45) is 0 Å². The van der Waals surface area contributed by atoms with Crippen LogP contribution >= 0.6 is 0 Å². The van der Waals surface area contributed by atoms with E-state index in [1.54, 1.807) is 25.3 Å². The molecule has 3 rings (SSSR count). The molecule has 0 aliphatic rings. The largest absolute Gasteiger partial charge is 0.465 e. The van der Waals surface area contributed by atoms with Crippen LogP contribution in [-0.4, -0.2) is 33.8 Å². The monoisotopic (exact) mass is 354 g/mol. The highest BCUT2D eigenvalue weighted by atomic mass is 19.1. The molecule has 8 heteroatoms. The Morgan fingerprint density at radius 3 is 2.65 bits per heavy atom. The third-order valence-corrected chi connectivity index (χ3v) is 3.75. The van der Waals surface area contributed by atoms with Crippen LogP contribution in [0.15, 0.2) is 48.8 Å². The SMILES string of the molecule is COC(=O)c1ccc(NC(=O)c2cnn(-c3ccccn3)c2C)cc1F. The quantitative estimate of drug-likeness (QED) is 0.728. The smallest absolute Gasteiger partial charge is 0.340 e. The second-order valence-electron chi connectivity index (χ2n) is 5.38. The molecular formula is C18H15FN4O3.